The molecule has 1 aliphatic carbocycles. The highest BCUT2D eigenvalue weighted by Crippen LogP contribution is 2.35. The van der Waals surface area contributed by atoms with Crippen LogP contribution in [0.1, 0.15) is 49.5 Å². The molecule has 5 rings (SSSR count). The van der Waals surface area contributed by atoms with Crippen LogP contribution in [-0.2, 0) is 12.0 Å². The molecule has 0 N–H and O–H groups in total. The number of nitriles is 2. The average Bonchev–Trinajstić information content (AvgIpc) is 3.46. The van der Waals surface area contributed by atoms with Crippen LogP contribution in [0.4, 0.5) is 0 Å². The topological polar surface area (TPSA) is 92.5 Å². The van der Waals surface area contributed by atoms with Crippen LogP contribution in [0.3, 0.4) is 0 Å². The summed E-state index contributed by atoms with van der Waals surface area (Å²) in [6, 6.07) is 16.3. The lowest BCUT2D eigenvalue weighted by atomic mass is 9.88. The maximum absolute atomic E-state index is 9.38. The monoisotopic (exact) mass is 422 g/mol. The fourth-order valence-electron chi connectivity index (χ4n) is 4.18. The minimum absolute atomic E-state index is 0.0421. The molecule has 1 unspecified atom stereocenters. The molecule has 0 amide bonds. The lowest BCUT2D eigenvalue weighted by molar-refractivity contribution is 0.183. The van der Waals surface area contributed by atoms with Crippen molar-refractivity contribution in [1.29, 1.82) is 10.5 Å². The van der Waals surface area contributed by atoms with Gasteiger partial charge < -0.3 is 4.74 Å². The Morgan fingerprint density at radius 2 is 1.97 bits per heavy atom. The van der Waals surface area contributed by atoms with Gasteiger partial charge in [0, 0.05) is 11.5 Å². The van der Waals surface area contributed by atoms with Gasteiger partial charge in [-0.2, -0.15) is 20.7 Å². The molecule has 0 saturated heterocycles. The van der Waals surface area contributed by atoms with Crippen LogP contribution >= 0.6 is 0 Å². The van der Waals surface area contributed by atoms with E-state index in [1.807, 2.05) is 67.3 Å². The number of ether oxygens (including phenoxy) is 1. The van der Waals surface area contributed by atoms with E-state index >= 15 is 0 Å². The van der Waals surface area contributed by atoms with Crippen molar-refractivity contribution in [2.24, 2.45) is 0 Å². The number of fused-ring (bicyclic) bond motifs is 2. The molecular formula is C25H22N6O. The Kier molecular flexibility index (Phi) is 4.68. The average molecular weight is 422 g/mol. The molecule has 0 aliphatic heterocycles. The standard InChI is InChI=1S/C25H22N6O/c1-25(2,16-27)30-15-20(14-28-30)31-23-11-21(8-7-19(23)13-29-31)32-24-5-3-4-18-10-17(12-26)6-9-22(18)24/h6-11,13-15,24H,3-5H2,1-2H3. The number of benzene rings is 2. The third-order valence-corrected chi connectivity index (χ3v) is 6.01. The van der Waals surface area contributed by atoms with Gasteiger partial charge in [-0.25, -0.2) is 4.68 Å². The Morgan fingerprint density at radius 3 is 2.78 bits per heavy atom. The van der Waals surface area contributed by atoms with Crippen LogP contribution < -0.4 is 4.74 Å². The first-order valence-electron chi connectivity index (χ1n) is 10.6. The molecule has 158 valence electrons. The predicted octanol–water partition coefficient (Wildman–Crippen LogP) is 4.81. The highest BCUT2D eigenvalue weighted by Gasteiger charge is 2.23. The van der Waals surface area contributed by atoms with Gasteiger partial charge >= 0.3 is 0 Å². The van der Waals surface area contributed by atoms with Gasteiger partial charge in [-0.1, -0.05) is 6.07 Å². The Balaban J connectivity index is 1.47. The first-order chi connectivity index (χ1) is 15.5. The fraction of sp³-hybridized carbons (Fsp3) is 0.280. The minimum atomic E-state index is -0.741. The van der Waals surface area contributed by atoms with E-state index < -0.39 is 5.54 Å². The molecule has 0 fully saturated rings. The lowest BCUT2D eigenvalue weighted by Crippen LogP contribution is -2.24. The molecule has 2 aromatic carbocycles. The van der Waals surface area contributed by atoms with Crippen molar-refractivity contribution in [3.05, 3.63) is 71.7 Å². The van der Waals surface area contributed by atoms with Crippen LogP contribution in [0.25, 0.3) is 16.6 Å². The predicted molar refractivity (Wildman–Crippen MR) is 119 cm³/mol. The SMILES string of the molecule is CC(C)(C#N)n1cc(-n2ncc3ccc(OC4CCCc5cc(C#N)ccc54)cc32)cn1. The van der Waals surface area contributed by atoms with Crippen molar-refractivity contribution in [2.75, 3.05) is 0 Å². The molecule has 1 atom stereocenters. The van der Waals surface area contributed by atoms with Crippen LogP contribution in [0, 0.1) is 22.7 Å². The second-order valence-electron chi connectivity index (χ2n) is 8.62. The van der Waals surface area contributed by atoms with Crippen molar-refractivity contribution in [1.82, 2.24) is 19.6 Å². The van der Waals surface area contributed by atoms with E-state index in [0.29, 0.717) is 5.56 Å². The normalized spacial score (nSPS) is 15.7. The highest BCUT2D eigenvalue weighted by molar-refractivity contribution is 5.81. The number of aromatic nitrogens is 4. The zero-order valence-electron chi connectivity index (χ0n) is 18.0. The fourth-order valence-corrected chi connectivity index (χ4v) is 4.18. The molecule has 0 radical (unpaired) electrons. The molecular weight excluding hydrogens is 400 g/mol. The van der Waals surface area contributed by atoms with Gasteiger partial charge in [-0.05, 0) is 68.5 Å². The molecule has 7 heteroatoms. The van der Waals surface area contributed by atoms with Crippen LogP contribution in [0.15, 0.2) is 55.0 Å². The summed E-state index contributed by atoms with van der Waals surface area (Å²) in [6.45, 7) is 3.64. The molecule has 0 saturated carbocycles. The van der Waals surface area contributed by atoms with E-state index in [4.69, 9.17) is 4.74 Å². The summed E-state index contributed by atoms with van der Waals surface area (Å²) in [4.78, 5) is 0. The largest absolute Gasteiger partial charge is 0.486 e. The Hall–Kier alpha value is -4.10. The van der Waals surface area contributed by atoms with Gasteiger partial charge in [0.1, 0.15) is 23.1 Å². The van der Waals surface area contributed by atoms with E-state index in [1.165, 1.54) is 5.56 Å². The molecule has 0 bridgehead atoms. The lowest BCUT2D eigenvalue weighted by Gasteiger charge is -2.26. The Bertz CT molecular complexity index is 1400. The first kappa shape index (κ1) is 19.8. The maximum atomic E-state index is 9.38. The van der Waals surface area contributed by atoms with Crippen molar-refractivity contribution < 1.29 is 4.74 Å². The zero-order chi connectivity index (χ0) is 22.3. The van der Waals surface area contributed by atoms with E-state index in [9.17, 15) is 10.5 Å². The van der Waals surface area contributed by atoms with E-state index in [1.54, 1.807) is 10.9 Å². The summed E-state index contributed by atoms with van der Waals surface area (Å²) >= 11 is 0. The van der Waals surface area contributed by atoms with Gasteiger partial charge in [0.25, 0.3) is 0 Å². The van der Waals surface area contributed by atoms with Crippen LogP contribution in [0.2, 0.25) is 0 Å². The van der Waals surface area contributed by atoms with Crippen molar-refractivity contribution in [2.45, 2.75) is 44.8 Å². The van der Waals surface area contributed by atoms with Gasteiger partial charge in [0.2, 0.25) is 0 Å². The third kappa shape index (κ3) is 3.38. The van der Waals surface area contributed by atoms with Gasteiger partial charge in [0.15, 0.2) is 0 Å². The van der Waals surface area contributed by atoms with Crippen LogP contribution in [-0.4, -0.2) is 19.6 Å². The maximum Gasteiger partial charge on any atom is 0.143 e. The first-order valence-corrected chi connectivity index (χ1v) is 10.6. The number of aryl methyl sites for hydroxylation is 1. The number of nitrogens with zero attached hydrogens (tertiary/aromatic N) is 6. The van der Waals surface area contributed by atoms with E-state index in [0.717, 1.165) is 47.2 Å². The quantitative estimate of drug-likeness (QED) is 0.471. The minimum Gasteiger partial charge on any atom is -0.486 e. The molecule has 7 nitrogen and oxygen atoms in total. The van der Waals surface area contributed by atoms with E-state index in [2.05, 4.69) is 22.3 Å². The summed E-state index contributed by atoms with van der Waals surface area (Å²) in [5, 5.41) is 28.4. The summed E-state index contributed by atoms with van der Waals surface area (Å²) in [6.07, 6.45) is 8.24. The molecule has 2 aromatic heterocycles. The van der Waals surface area contributed by atoms with E-state index in [-0.39, 0.29) is 6.10 Å². The second-order valence-corrected chi connectivity index (χ2v) is 8.62. The summed E-state index contributed by atoms with van der Waals surface area (Å²) in [5.41, 5.74) is 3.99. The summed E-state index contributed by atoms with van der Waals surface area (Å²) in [7, 11) is 0. The molecule has 4 aromatic rings. The van der Waals surface area contributed by atoms with Gasteiger partial charge in [0.05, 0.1) is 41.8 Å². The highest BCUT2D eigenvalue weighted by atomic mass is 16.5. The number of hydrogen-bond donors (Lipinski definition) is 0. The molecule has 2 heterocycles. The third-order valence-electron chi connectivity index (χ3n) is 6.01. The van der Waals surface area contributed by atoms with Gasteiger partial charge in [-0.15, -0.1) is 0 Å². The number of rotatable bonds is 4. The smallest absolute Gasteiger partial charge is 0.143 e. The van der Waals surface area contributed by atoms with Crippen LogP contribution in [0.5, 0.6) is 5.75 Å². The summed E-state index contributed by atoms with van der Waals surface area (Å²) in [5.74, 6) is 0.770. The van der Waals surface area contributed by atoms with Gasteiger partial charge in [-0.3, -0.25) is 4.68 Å². The molecule has 1 aliphatic rings. The second kappa shape index (κ2) is 7.55. The Labute approximate surface area is 186 Å². The molecule has 32 heavy (non-hydrogen) atoms. The van der Waals surface area contributed by atoms with Crippen molar-refractivity contribution in [3.8, 4) is 23.6 Å². The Morgan fingerprint density at radius 1 is 1.09 bits per heavy atom. The molecule has 0 spiro atoms. The zero-order valence-corrected chi connectivity index (χ0v) is 18.0. The van der Waals surface area contributed by atoms with Crippen molar-refractivity contribution >= 4 is 10.9 Å². The summed E-state index contributed by atoms with van der Waals surface area (Å²) < 4.78 is 9.87. The number of hydrogen-bond acceptors (Lipinski definition) is 5. The van der Waals surface area contributed by atoms with Crippen molar-refractivity contribution in [3.63, 3.8) is 0 Å².